The van der Waals surface area contributed by atoms with Crippen LogP contribution in [0.25, 0.3) is 0 Å². The average molecular weight is 299 g/mol. The van der Waals surface area contributed by atoms with Crippen molar-refractivity contribution in [3.05, 3.63) is 17.7 Å². The fourth-order valence-corrected chi connectivity index (χ4v) is 2.63. The summed E-state index contributed by atoms with van der Waals surface area (Å²) in [5, 5.41) is 12.3. The molecule has 0 aromatic heterocycles. The van der Waals surface area contributed by atoms with Crippen molar-refractivity contribution in [1.82, 2.24) is 5.32 Å². The SMILES string of the molecule is COc1cc(CNC(C)CCCO)c(SC)cc1OC. The van der Waals surface area contributed by atoms with Gasteiger partial charge >= 0.3 is 0 Å². The van der Waals surface area contributed by atoms with E-state index in [4.69, 9.17) is 14.6 Å². The van der Waals surface area contributed by atoms with E-state index >= 15 is 0 Å². The van der Waals surface area contributed by atoms with Crippen molar-refractivity contribution in [3.8, 4) is 11.5 Å². The third-order valence-electron chi connectivity index (χ3n) is 3.22. The maximum atomic E-state index is 8.85. The first-order valence-electron chi connectivity index (χ1n) is 6.79. The Morgan fingerprint density at radius 3 is 2.45 bits per heavy atom. The zero-order chi connectivity index (χ0) is 15.0. The summed E-state index contributed by atoms with van der Waals surface area (Å²) < 4.78 is 10.7. The topological polar surface area (TPSA) is 50.7 Å². The van der Waals surface area contributed by atoms with E-state index in [2.05, 4.69) is 18.5 Å². The maximum Gasteiger partial charge on any atom is 0.161 e. The summed E-state index contributed by atoms with van der Waals surface area (Å²) in [6, 6.07) is 4.42. The zero-order valence-electron chi connectivity index (χ0n) is 12.7. The second-order valence-electron chi connectivity index (χ2n) is 4.67. The minimum atomic E-state index is 0.248. The van der Waals surface area contributed by atoms with Crippen LogP contribution in [0.3, 0.4) is 0 Å². The summed E-state index contributed by atoms with van der Waals surface area (Å²) in [6.07, 6.45) is 3.85. The highest BCUT2D eigenvalue weighted by Gasteiger charge is 2.11. The molecule has 0 aliphatic heterocycles. The van der Waals surface area contributed by atoms with Gasteiger partial charge in [0.1, 0.15) is 0 Å². The van der Waals surface area contributed by atoms with Crippen LogP contribution in [0.15, 0.2) is 17.0 Å². The highest BCUT2D eigenvalue weighted by molar-refractivity contribution is 7.98. The summed E-state index contributed by atoms with van der Waals surface area (Å²) in [6.45, 7) is 3.16. The van der Waals surface area contributed by atoms with Crippen LogP contribution in [-0.4, -0.2) is 38.2 Å². The lowest BCUT2D eigenvalue weighted by molar-refractivity contribution is 0.276. The molecule has 0 bridgehead atoms. The van der Waals surface area contributed by atoms with E-state index in [9.17, 15) is 0 Å². The van der Waals surface area contributed by atoms with Crippen LogP contribution in [0.2, 0.25) is 0 Å². The van der Waals surface area contributed by atoms with Gasteiger partial charge < -0.3 is 19.9 Å². The predicted molar refractivity (Wildman–Crippen MR) is 83.9 cm³/mol. The molecule has 2 N–H and O–H groups in total. The Balaban J connectivity index is 2.77. The number of benzene rings is 1. The van der Waals surface area contributed by atoms with Crippen LogP contribution in [-0.2, 0) is 6.54 Å². The van der Waals surface area contributed by atoms with Gasteiger partial charge in [0.15, 0.2) is 11.5 Å². The third kappa shape index (κ3) is 4.89. The summed E-state index contributed by atoms with van der Waals surface area (Å²) >= 11 is 1.70. The molecule has 20 heavy (non-hydrogen) atoms. The Kier molecular flexibility index (Phi) is 7.80. The van der Waals surface area contributed by atoms with Crippen LogP contribution < -0.4 is 14.8 Å². The monoisotopic (exact) mass is 299 g/mol. The molecule has 5 heteroatoms. The first-order valence-corrected chi connectivity index (χ1v) is 8.01. The first kappa shape index (κ1) is 17.1. The van der Waals surface area contributed by atoms with E-state index in [0.29, 0.717) is 6.04 Å². The number of rotatable bonds is 9. The van der Waals surface area contributed by atoms with Gasteiger partial charge in [0, 0.05) is 24.1 Å². The standard InChI is InChI=1S/C15H25NO3S/c1-11(6-5-7-17)16-10-12-8-13(18-2)14(19-3)9-15(12)20-4/h8-9,11,16-17H,5-7,10H2,1-4H3. The second-order valence-corrected chi connectivity index (χ2v) is 5.51. The predicted octanol–water partition coefficient (Wildman–Crippen LogP) is 2.68. The van der Waals surface area contributed by atoms with Gasteiger partial charge in [0.2, 0.25) is 0 Å². The van der Waals surface area contributed by atoms with Gasteiger partial charge in [-0.3, -0.25) is 0 Å². The van der Waals surface area contributed by atoms with Crippen molar-refractivity contribution in [2.24, 2.45) is 0 Å². The molecule has 1 rings (SSSR count). The second kappa shape index (κ2) is 9.10. The molecule has 1 unspecified atom stereocenters. The molecule has 0 amide bonds. The number of hydrogen-bond acceptors (Lipinski definition) is 5. The molecule has 1 aromatic rings. The highest BCUT2D eigenvalue weighted by Crippen LogP contribution is 2.34. The number of aliphatic hydroxyl groups is 1. The van der Waals surface area contributed by atoms with Crippen LogP contribution in [0.4, 0.5) is 0 Å². The van der Waals surface area contributed by atoms with Gasteiger partial charge in [-0.15, -0.1) is 11.8 Å². The van der Waals surface area contributed by atoms with Crippen LogP contribution in [0.5, 0.6) is 11.5 Å². The summed E-state index contributed by atoms with van der Waals surface area (Å²) in [7, 11) is 3.30. The van der Waals surface area contributed by atoms with Gasteiger partial charge in [-0.1, -0.05) is 0 Å². The minimum Gasteiger partial charge on any atom is -0.493 e. The molecule has 0 aliphatic rings. The van der Waals surface area contributed by atoms with Gasteiger partial charge in [-0.05, 0) is 43.7 Å². The molecule has 0 fully saturated rings. The van der Waals surface area contributed by atoms with Gasteiger partial charge in [-0.25, -0.2) is 0 Å². The Bertz CT molecular complexity index is 412. The highest BCUT2D eigenvalue weighted by atomic mass is 32.2. The third-order valence-corrected chi connectivity index (χ3v) is 4.04. The van der Waals surface area contributed by atoms with Crippen molar-refractivity contribution < 1.29 is 14.6 Å². The van der Waals surface area contributed by atoms with E-state index in [0.717, 1.165) is 30.9 Å². The van der Waals surface area contributed by atoms with Crippen molar-refractivity contribution in [2.75, 3.05) is 27.1 Å². The lowest BCUT2D eigenvalue weighted by Crippen LogP contribution is -2.25. The Hall–Kier alpha value is -0.910. The molecule has 0 saturated carbocycles. The molecule has 0 aliphatic carbocycles. The Morgan fingerprint density at radius 1 is 1.25 bits per heavy atom. The van der Waals surface area contributed by atoms with Crippen molar-refractivity contribution in [1.29, 1.82) is 0 Å². The first-order chi connectivity index (χ1) is 9.65. The van der Waals surface area contributed by atoms with Crippen LogP contribution >= 0.6 is 11.8 Å². The maximum absolute atomic E-state index is 8.85. The van der Waals surface area contributed by atoms with E-state index < -0.39 is 0 Å². The van der Waals surface area contributed by atoms with Crippen molar-refractivity contribution in [2.45, 2.75) is 37.2 Å². The number of methoxy groups -OCH3 is 2. The summed E-state index contributed by atoms with van der Waals surface area (Å²) in [5.74, 6) is 1.51. The van der Waals surface area contributed by atoms with Gasteiger partial charge in [0.25, 0.3) is 0 Å². The molecule has 1 atom stereocenters. The smallest absolute Gasteiger partial charge is 0.161 e. The molecule has 114 valence electrons. The average Bonchev–Trinajstić information content (AvgIpc) is 2.49. The summed E-state index contributed by atoms with van der Waals surface area (Å²) in [5.41, 5.74) is 1.20. The normalized spacial score (nSPS) is 12.2. The van der Waals surface area contributed by atoms with E-state index in [-0.39, 0.29) is 6.61 Å². The number of nitrogens with one attached hydrogen (secondary N) is 1. The van der Waals surface area contributed by atoms with Crippen LogP contribution in [0, 0.1) is 0 Å². The van der Waals surface area contributed by atoms with Crippen LogP contribution in [0.1, 0.15) is 25.3 Å². The lowest BCUT2D eigenvalue weighted by Gasteiger charge is -2.17. The van der Waals surface area contributed by atoms with Gasteiger partial charge in [-0.2, -0.15) is 0 Å². The van der Waals surface area contributed by atoms with Gasteiger partial charge in [0.05, 0.1) is 14.2 Å². The van der Waals surface area contributed by atoms with Crippen molar-refractivity contribution in [3.63, 3.8) is 0 Å². The molecule has 0 spiro atoms. The van der Waals surface area contributed by atoms with E-state index in [1.165, 1.54) is 10.5 Å². The van der Waals surface area contributed by atoms with E-state index in [1.807, 2.05) is 12.1 Å². The molecule has 0 radical (unpaired) electrons. The Labute approximate surface area is 125 Å². The number of thioether (sulfide) groups is 1. The number of ether oxygens (including phenoxy) is 2. The number of aliphatic hydroxyl groups excluding tert-OH is 1. The molecule has 1 aromatic carbocycles. The molecule has 4 nitrogen and oxygen atoms in total. The number of hydrogen-bond donors (Lipinski definition) is 2. The Morgan fingerprint density at radius 2 is 1.90 bits per heavy atom. The zero-order valence-corrected chi connectivity index (χ0v) is 13.5. The molecular formula is C15H25NO3S. The molecular weight excluding hydrogens is 274 g/mol. The fraction of sp³-hybridized carbons (Fsp3) is 0.600. The largest absolute Gasteiger partial charge is 0.493 e. The van der Waals surface area contributed by atoms with Crippen molar-refractivity contribution >= 4 is 11.8 Å². The quantitative estimate of drug-likeness (QED) is 0.687. The molecule has 0 saturated heterocycles. The molecule has 0 heterocycles. The fourth-order valence-electron chi connectivity index (χ4n) is 2.01. The minimum absolute atomic E-state index is 0.248. The summed E-state index contributed by atoms with van der Waals surface area (Å²) in [4.78, 5) is 1.18. The lowest BCUT2D eigenvalue weighted by atomic mass is 10.1. The van der Waals surface area contributed by atoms with E-state index in [1.54, 1.807) is 26.0 Å².